The molecule has 1 unspecified atom stereocenters. The molecular formula is C9H13ClN4. The summed E-state index contributed by atoms with van der Waals surface area (Å²) >= 11 is 5.77. The van der Waals surface area contributed by atoms with Gasteiger partial charge >= 0.3 is 0 Å². The summed E-state index contributed by atoms with van der Waals surface area (Å²) < 4.78 is 0. The summed E-state index contributed by atoms with van der Waals surface area (Å²) in [6.07, 6.45) is 5.46. The van der Waals surface area contributed by atoms with Crippen LogP contribution in [0.5, 0.6) is 0 Å². The maximum absolute atomic E-state index is 5.88. The molecule has 1 aromatic rings. The van der Waals surface area contributed by atoms with Crippen LogP contribution in [0.1, 0.15) is 12.8 Å². The van der Waals surface area contributed by atoms with Gasteiger partial charge in [0, 0.05) is 19.1 Å². The number of aromatic nitrogens is 2. The Labute approximate surface area is 88.1 Å². The number of hydrogen-bond donors (Lipinski definition) is 1. The highest BCUT2D eigenvalue weighted by Gasteiger charge is 2.17. The van der Waals surface area contributed by atoms with Crippen LogP contribution in [0, 0.1) is 0 Å². The normalized spacial score (nSPS) is 22.4. The van der Waals surface area contributed by atoms with Crippen molar-refractivity contribution in [2.45, 2.75) is 18.9 Å². The Balaban J connectivity index is 2.14. The van der Waals surface area contributed by atoms with E-state index in [1.807, 2.05) is 0 Å². The molecular weight excluding hydrogens is 200 g/mol. The van der Waals surface area contributed by atoms with E-state index in [1.165, 1.54) is 6.20 Å². The minimum atomic E-state index is 0.240. The van der Waals surface area contributed by atoms with Crippen molar-refractivity contribution in [2.75, 3.05) is 18.0 Å². The minimum absolute atomic E-state index is 0.240. The number of halogens is 1. The molecule has 1 aromatic heterocycles. The summed E-state index contributed by atoms with van der Waals surface area (Å²) in [4.78, 5) is 10.3. The summed E-state index contributed by atoms with van der Waals surface area (Å²) in [7, 11) is 0. The van der Waals surface area contributed by atoms with Gasteiger partial charge in [0.1, 0.15) is 11.0 Å². The predicted molar refractivity (Wildman–Crippen MR) is 56.5 cm³/mol. The maximum atomic E-state index is 5.88. The zero-order valence-corrected chi connectivity index (χ0v) is 8.61. The predicted octanol–water partition coefficient (Wildman–Crippen LogP) is 1.06. The molecule has 1 aliphatic heterocycles. The number of rotatable bonds is 1. The molecule has 0 aliphatic carbocycles. The molecule has 0 amide bonds. The summed E-state index contributed by atoms with van der Waals surface area (Å²) in [5.74, 6) is 0.827. The molecule has 0 aromatic carbocycles. The molecule has 1 fully saturated rings. The molecule has 1 atom stereocenters. The summed E-state index contributed by atoms with van der Waals surface area (Å²) in [6.45, 7) is 1.83. The lowest BCUT2D eigenvalue weighted by molar-refractivity contribution is 0.503. The van der Waals surface area contributed by atoms with Gasteiger partial charge in [0.15, 0.2) is 0 Å². The Morgan fingerprint density at radius 2 is 2.36 bits per heavy atom. The SMILES string of the molecule is NC1CCCN(c2cncc(Cl)n2)C1. The van der Waals surface area contributed by atoms with Gasteiger partial charge in [-0.15, -0.1) is 0 Å². The first-order valence-electron chi connectivity index (χ1n) is 4.74. The highest BCUT2D eigenvalue weighted by Crippen LogP contribution is 2.17. The number of nitrogens with zero attached hydrogens (tertiary/aromatic N) is 3. The topological polar surface area (TPSA) is 55.0 Å². The van der Waals surface area contributed by atoms with E-state index in [4.69, 9.17) is 17.3 Å². The second kappa shape index (κ2) is 4.11. The van der Waals surface area contributed by atoms with Crippen LogP contribution >= 0.6 is 11.6 Å². The van der Waals surface area contributed by atoms with Crippen molar-refractivity contribution in [1.82, 2.24) is 9.97 Å². The van der Waals surface area contributed by atoms with Crippen LogP contribution < -0.4 is 10.6 Å². The molecule has 5 heteroatoms. The highest BCUT2D eigenvalue weighted by atomic mass is 35.5. The van der Waals surface area contributed by atoms with Crippen LogP contribution in [0.25, 0.3) is 0 Å². The van der Waals surface area contributed by atoms with E-state index in [0.29, 0.717) is 5.15 Å². The molecule has 0 bridgehead atoms. The van der Waals surface area contributed by atoms with Crippen LogP contribution in [0.2, 0.25) is 5.15 Å². The smallest absolute Gasteiger partial charge is 0.149 e. The average molecular weight is 213 g/mol. The Bertz CT molecular complexity index is 317. The number of anilines is 1. The quantitative estimate of drug-likeness (QED) is 0.757. The Hall–Kier alpha value is -0.870. The molecule has 2 N–H and O–H groups in total. The van der Waals surface area contributed by atoms with Crippen LogP contribution in [-0.4, -0.2) is 29.1 Å². The fourth-order valence-corrected chi connectivity index (χ4v) is 1.85. The number of piperidine rings is 1. The zero-order chi connectivity index (χ0) is 9.97. The van der Waals surface area contributed by atoms with Gasteiger partial charge in [-0.05, 0) is 12.8 Å². The maximum Gasteiger partial charge on any atom is 0.149 e. The third-order valence-electron chi connectivity index (χ3n) is 2.37. The van der Waals surface area contributed by atoms with E-state index in [0.717, 1.165) is 31.7 Å². The monoisotopic (exact) mass is 212 g/mol. The van der Waals surface area contributed by atoms with Gasteiger partial charge in [-0.2, -0.15) is 0 Å². The summed E-state index contributed by atoms with van der Waals surface area (Å²) in [6, 6.07) is 0.240. The standard InChI is InChI=1S/C9H13ClN4/c10-8-4-12-5-9(13-8)14-3-1-2-7(11)6-14/h4-5,7H,1-3,6,11H2. The minimum Gasteiger partial charge on any atom is -0.354 e. The Kier molecular flexibility index (Phi) is 2.84. The second-order valence-electron chi connectivity index (χ2n) is 3.55. The third kappa shape index (κ3) is 2.13. The lowest BCUT2D eigenvalue weighted by atomic mass is 10.1. The molecule has 1 saturated heterocycles. The molecule has 2 rings (SSSR count). The molecule has 0 radical (unpaired) electrons. The Morgan fingerprint density at radius 1 is 1.50 bits per heavy atom. The van der Waals surface area contributed by atoms with Crippen LogP contribution in [0.3, 0.4) is 0 Å². The molecule has 0 spiro atoms. The first kappa shape index (κ1) is 9.68. The van der Waals surface area contributed by atoms with Crippen molar-refractivity contribution in [3.8, 4) is 0 Å². The molecule has 1 aliphatic rings. The lowest BCUT2D eigenvalue weighted by Gasteiger charge is -2.31. The van der Waals surface area contributed by atoms with Gasteiger partial charge in [0.25, 0.3) is 0 Å². The van der Waals surface area contributed by atoms with Crippen molar-refractivity contribution < 1.29 is 0 Å². The van der Waals surface area contributed by atoms with Crippen molar-refractivity contribution in [1.29, 1.82) is 0 Å². The Morgan fingerprint density at radius 3 is 3.07 bits per heavy atom. The van der Waals surface area contributed by atoms with Crippen molar-refractivity contribution >= 4 is 17.4 Å². The van der Waals surface area contributed by atoms with Gasteiger partial charge in [-0.25, -0.2) is 4.98 Å². The fraction of sp³-hybridized carbons (Fsp3) is 0.556. The third-order valence-corrected chi connectivity index (χ3v) is 2.56. The van der Waals surface area contributed by atoms with Crippen molar-refractivity contribution in [3.63, 3.8) is 0 Å². The fourth-order valence-electron chi connectivity index (χ4n) is 1.70. The van der Waals surface area contributed by atoms with Crippen LogP contribution in [0.15, 0.2) is 12.4 Å². The van der Waals surface area contributed by atoms with E-state index in [9.17, 15) is 0 Å². The lowest BCUT2D eigenvalue weighted by Crippen LogP contribution is -2.43. The van der Waals surface area contributed by atoms with Crippen LogP contribution in [-0.2, 0) is 0 Å². The zero-order valence-electron chi connectivity index (χ0n) is 7.86. The first-order chi connectivity index (χ1) is 6.75. The molecule has 2 heterocycles. The van der Waals surface area contributed by atoms with Crippen LogP contribution in [0.4, 0.5) is 5.82 Å². The second-order valence-corrected chi connectivity index (χ2v) is 3.94. The molecule has 76 valence electrons. The van der Waals surface area contributed by atoms with E-state index >= 15 is 0 Å². The van der Waals surface area contributed by atoms with Gasteiger partial charge in [0.05, 0.1) is 12.4 Å². The highest BCUT2D eigenvalue weighted by molar-refractivity contribution is 6.29. The summed E-state index contributed by atoms with van der Waals surface area (Å²) in [5.41, 5.74) is 5.88. The van der Waals surface area contributed by atoms with Gasteiger partial charge in [-0.3, -0.25) is 4.98 Å². The van der Waals surface area contributed by atoms with E-state index in [1.54, 1.807) is 6.20 Å². The van der Waals surface area contributed by atoms with E-state index in [-0.39, 0.29) is 6.04 Å². The van der Waals surface area contributed by atoms with E-state index in [2.05, 4.69) is 14.9 Å². The number of hydrogen-bond acceptors (Lipinski definition) is 4. The van der Waals surface area contributed by atoms with Gasteiger partial charge < -0.3 is 10.6 Å². The number of nitrogens with two attached hydrogens (primary N) is 1. The first-order valence-corrected chi connectivity index (χ1v) is 5.11. The molecule has 0 saturated carbocycles. The van der Waals surface area contributed by atoms with E-state index < -0.39 is 0 Å². The van der Waals surface area contributed by atoms with Gasteiger partial charge in [-0.1, -0.05) is 11.6 Å². The summed E-state index contributed by atoms with van der Waals surface area (Å²) in [5, 5.41) is 0.432. The largest absolute Gasteiger partial charge is 0.354 e. The average Bonchev–Trinajstić information content (AvgIpc) is 2.18. The van der Waals surface area contributed by atoms with Crippen molar-refractivity contribution in [3.05, 3.63) is 17.5 Å². The molecule has 14 heavy (non-hydrogen) atoms. The molecule has 4 nitrogen and oxygen atoms in total. The van der Waals surface area contributed by atoms with Crippen molar-refractivity contribution in [2.24, 2.45) is 5.73 Å². The van der Waals surface area contributed by atoms with Gasteiger partial charge in [0.2, 0.25) is 0 Å².